The largest absolute Gasteiger partial charge is 0.457 e. The van der Waals surface area contributed by atoms with E-state index in [4.69, 9.17) is 4.74 Å². The maximum Gasteiger partial charge on any atom is 0.310 e. The van der Waals surface area contributed by atoms with Gasteiger partial charge in [-0.1, -0.05) is 49.2 Å². The number of nitrogens with zero attached hydrogens (tertiary/aromatic N) is 1. The number of amides is 1. The van der Waals surface area contributed by atoms with Crippen molar-refractivity contribution in [1.29, 1.82) is 0 Å². The highest BCUT2D eigenvalue weighted by Crippen LogP contribution is 2.36. The lowest BCUT2D eigenvalue weighted by molar-refractivity contribution is -0.153. The van der Waals surface area contributed by atoms with Crippen molar-refractivity contribution in [1.82, 2.24) is 4.98 Å². The first-order valence-corrected chi connectivity index (χ1v) is 11.7. The van der Waals surface area contributed by atoms with Gasteiger partial charge in [0.25, 0.3) is 0 Å². The van der Waals surface area contributed by atoms with Crippen molar-refractivity contribution in [2.75, 3.05) is 18.1 Å². The standard InChI is InChI=1S/C27H28N2O4/c1-17-25(21-11-5-6-12-22(21)28-17)24(30)16-33-27(32)20-10-4-3-9-19(20)26(31)29-15-14-18-8-2-7-13-23(18)29/h2,5-8,11-13,19-20,28H,3-4,9-10,14-16H2,1H3/t19-,20-/m0/s1. The third kappa shape index (κ3) is 3.94. The van der Waals surface area contributed by atoms with Crippen molar-refractivity contribution in [3.05, 3.63) is 65.4 Å². The monoisotopic (exact) mass is 444 g/mol. The Balaban J connectivity index is 1.29. The second-order valence-electron chi connectivity index (χ2n) is 9.07. The zero-order chi connectivity index (χ0) is 22.9. The molecular weight excluding hydrogens is 416 g/mol. The number of esters is 1. The van der Waals surface area contributed by atoms with E-state index in [1.165, 1.54) is 5.56 Å². The van der Waals surface area contributed by atoms with Crippen LogP contribution in [-0.2, 0) is 20.7 Å². The molecule has 33 heavy (non-hydrogen) atoms. The fraction of sp³-hybridized carbons (Fsp3) is 0.370. The minimum absolute atomic E-state index is 0.000370. The molecule has 2 atom stereocenters. The van der Waals surface area contributed by atoms with Gasteiger partial charge in [0.15, 0.2) is 6.61 Å². The molecule has 1 amide bonds. The summed E-state index contributed by atoms with van der Waals surface area (Å²) in [5.74, 6) is -1.57. The van der Waals surface area contributed by atoms with Crippen molar-refractivity contribution in [3.8, 4) is 0 Å². The second kappa shape index (κ2) is 8.85. The summed E-state index contributed by atoms with van der Waals surface area (Å²) >= 11 is 0. The van der Waals surface area contributed by atoms with Crippen LogP contribution in [0.15, 0.2) is 48.5 Å². The molecule has 1 aliphatic carbocycles. The van der Waals surface area contributed by atoms with Gasteiger partial charge < -0.3 is 14.6 Å². The summed E-state index contributed by atoms with van der Waals surface area (Å²) in [5, 5.41) is 0.828. The zero-order valence-corrected chi connectivity index (χ0v) is 18.8. The summed E-state index contributed by atoms with van der Waals surface area (Å²) < 4.78 is 5.51. The van der Waals surface area contributed by atoms with Crippen LogP contribution in [0, 0.1) is 18.8 Å². The van der Waals surface area contributed by atoms with Gasteiger partial charge in [-0.05, 0) is 43.9 Å². The minimum atomic E-state index is -0.504. The Kier molecular flexibility index (Phi) is 5.75. The van der Waals surface area contributed by atoms with E-state index in [9.17, 15) is 14.4 Å². The number of carbonyl (C=O) groups excluding carboxylic acids is 3. The SMILES string of the molecule is Cc1[nH]c2ccccc2c1C(=O)COC(=O)[C@H]1CCCC[C@@H]1C(=O)N1CCc2ccccc21. The second-order valence-corrected chi connectivity index (χ2v) is 9.07. The van der Waals surface area contributed by atoms with Crippen LogP contribution in [0.1, 0.15) is 47.3 Å². The average Bonchev–Trinajstić information content (AvgIpc) is 3.42. The lowest BCUT2D eigenvalue weighted by Gasteiger charge is -2.32. The van der Waals surface area contributed by atoms with Crippen LogP contribution in [0.3, 0.4) is 0 Å². The molecule has 1 fully saturated rings. The summed E-state index contributed by atoms with van der Waals surface area (Å²) in [6.07, 6.45) is 3.93. The molecule has 1 N–H and O–H groups in total. The number of benzene rings is 2. The van der Waals surface area contributed by atoms with E-state index in [0.29, 0.717) is 24.9 Å². The third-order valence-electron chi connectivity index (χ3n) is 7.06. The van der Waals surface area contributed by atoms with Crippen molar-refractivity contribution in [2.45, 2.75) is 39.0 Å². The number of hydrogen-bond donors (Lipinski definition) is 1. The highest BCUT2D eigenvalue weighted by molar-refractivity contribution is 6.10. The van der Waals surface area contributed by atoms with Crippen LogP contribution in [-0.4, -0.2) is 35.8 Å². The van der Waals surface area contributed by atoms with Crippen LogP contribution >= 0.6 is 0 Å². The fourth-order valence-electron chi connectivity index (χ4n) is 5.43. The number of aromatic nitrogens is 1. The van der Waals surface area contributed by atoms with Crippen molar-refractivity contribution >= 4 is 34.3 Å². The summed E-state index contributed by atoms with van der Waals surface area (Å²) in [4.78, 5) is 44.4. The Labute approximate surface area is 192 Å². The molecule has 3 aromatic rings. The van der Waals surface area contributed by atoms with Gasteiger partial charge in [0.2, 0.25) is 11.7 Å². The van der Waals surface area contributed by atoms with Crippen molar-refractivity contribution in [3.63, 3.8) is 0 Å². The molecule has 6 nitrogen and oxygen atoms in total. The predicted molar refractivity (Wildman–Crippen MR) is 126 cm³/mol. The van der Waals surface area contributed by atoms with Gasteiger partial charge >= 0.3 is 5.97 Å². The molecular formula is C27H28N2O4. The third-order valence-corrected chi connectivity index (χ3v) is 7.06. The number of aromatic amines is 1. The highest BCUT2D eigenvalue weighted by Gasteiger charge is 2.40. The number of H-pyrrole nitrogens is 1. The average molecular weight is 445 g/mol. The predicted octanol–water partition coefficient (Wildman–Crippen LogP) is 4.60. The summed E-state index contributed by atoms with van der Waals surface area (Å²) in [6.45, 7) is 2.18. The van der Waals surface area contributed by atoms with Gasteiger partial charge in [-0.3, -0.25) is 14.4 Å². The molecule has 1 aliphatic heterocycles. The maximum absolute atomic E-state index is 13.4. The number of anilines is 1. The van der Waals surface area contributed by atoms with E-state index in [1.54, 1.807) is 0 Å². The zero-order valence-electron chi connectivity index (χ0n) is 18.8. The number of carbonyl (C=O) groups is 3. The quantitative estimate of drug-likeness (QED) is 0.461. The van der Waals surface area contributed by atoms with E-state index < -0.39 is 17.8 Å². The number of hydrogen-bond acceptors (Lipinski definition) is 4. The van der Waals surface area contributed by atoms with Crippen molar-refractivity contribution in [2.24, 2.45) is 11.8 Å². The number of ketones is 1. The Morgan fingerprint density at radius 3 is 2.58 bits per heavy atom. The molecule has 170 valence electrons. The smallest absolute Gasteiger partial charge is 0.310 e. The molecule has 5 rings (SSSR count). The molecule has 1 aromatic heterocycles. The van der Waals surface area contributed by atoms with E-state index >= 15 is 0 Å². The van der Waals surface area contributed by atoms with E-state index in [0.717, 1.165) is 41.5 Å². The normalized spacial score (nSPS) is 20.0. The number of nitrogens with one attached hydrogen (secondary N) is 1. The molecule has 0 unspecified atom stereocenters. The number of ether oxygens (including phenoxy) is 1. The van der Waals surface area contributed by atoms with Crippen LogP contribution in [0.2, 0.25) is 0 Å². The lowest BCUT2D eigenvalue weighted by atomic mass is 9.78. The number of para-hydroxylation sites is 2. The van der Waals surface area contributed by atoms with E-state index in [2.05, 4.69) is 4.98 Å². The van der Waals surface area contributed by atoms with Gasteiger partial charge in [0.1, 0.15) is 0 Å². The number of fused-ring (bicyclic) bond motifs is 2. The molecule has 0 spiro atoms. The Morgan fingerprint density at radius 2 is 1.73 bits per heavy atom. The molecule has 0 saturated heterocycles. The Morgan fingerprint density at radius 1 is 1.00 bits per heavy atom. The first-order valence-electron chi connectivity index (χ1n) is 11.7. The van der Waals surface area contributed by atoms with Gasteiger partial charge in [-0.2, -0.15) is 0 Å². The van der Waals surface area contributed by atoms with Crippen LogP contribution in [0.25, 0.3) is 10.9 Å². The summed E-state index contributed by atoms with van der Waals surface area (Å²) in [5.41, 5.74) is 4.32. The lowest BCUT2D eigenvalue weighted by Crippen LogP contribution is -2.42. The van der Waals surface area contributed by atoms with E-state index in [1.807, 2.05) is 60.4 Å². The number of Topliss-reactive ketones (excluding diaryl/α,β-unsaturated/α-hetero) is 1. The first kappa shape index (κ1) is 21.4. The summed E-state index contributed by atoms with van der Waals surface area (Å²) in [6, 6.07) is 15.5. The molecule has 2 aliphatic rings. The summed E-state index contributed by atoms with van der Waals surface area (Å²) in [7, 11) is 0. The van der Waals surface area contributed by atoms with Crippen LogP contribution in [0.5, 0.6) is 0 Å². The topological polar surface area (TPSA) is 79.5 Å². The molecule has 0 radical (unpaired) electrons. The first-order chi connectivity index (χ1) is 16.0. The minimum Gasteiger partial charge on any atom is -0.457 e. The molecule has 2 aromatic carbocycles. The Hall–Kier alpha value is -3.41. The number of aryl methyl sites for hydroxylation is 1. The number of rotatable bonds is 5. The molecule has 6 heteroatoms. The maximum atomic E-state index is 13.4. The van der Waals surface area contributed by atoms with Gasteiger partial charge in [-0.15, -0.1) is 0 Å². The van der Waals surface area contributed by atoms with Gasteiger partial charge in [0, 0.05) is 34.4 Å². The van der Waals surface area contributed by atoms with Crippen LogP contribution < -0.4 is 4.90 Å². The molecule has 0 bridgehead atoms. The van der Waals surface area contributed by atoms with Gasteiger partial charge in [-0.25, -0.2) is 0 Å². The molecule has 1 saturated carbocycles. The molecule has 2 heterocycles. The van der Waals surface area contributed by atoms with Crippen LogP contribution in [0.4, 0.5) is 5.69 Å². The highest BCUT2D eigenvalue weighted by atomic mass is 16.5. The van der Waals surface area contributed by atoms with E-state index in [-0.39, 0.29) is 18.3 Å². The fourth-order valence-corrected chi connectivity index (χ4v) is 5.43. The Bertz CT molecular complexity index is 1230. The van der Waals surface area contributed by atoms with Gasteiger partial charge in [0.05, 0.1) is 11.8 Å². The van der Waals surface area contributed by atoms with Crippen molar-refractivity contribution < 1.29 is 19.1 Å².